The van der Waals surface area contributed by atoms with Gasteiger partial charge >= 0.3 is 21.3 Å². The second-order valence-electron chi connectivity index (χ2n) is 6.40. The quantitative estimate of drug-likeness (QED) is 0.237. The van der Waals surface area contributed by atoms with Crippen molar-refractivity contribution in [1.82, 2.24) is 0 Å². The first-order valence-electron chi connectivity index (χ1n) is 7.93. The van der Waals surface area contributed by atoms with Crippen molar-refractivity contribution in [3.63, 3.8) is 0 Å². The van der Waals surface area contributed by atoms with Gasteiger partial charge in [0.05, 0.1) is 0 Å². The van der Waals surface area contributed by atoms with Gasteiger partial charge in [-0.3, -0.25) is 9.35 Å². The van der Waals surface area contributed by atoms with E-state index in [1.807, 2.05) is 0 Å². The number of rotatable bonds is 12. The molecule has 1 N–H and O–H groups in total. The molecule has 0 aliphatic carbocycles. The van der Waals surface area contributed by atoms with Crippen molar-refractivity contribution in [2.75, 3.05) is 7.11 Å². The Bertz CT molecular complexity index is 495. The van der Waals surface area contributed by atoms with Crippen LogP contribution in [0.15, 0.2) is 0 Å². The molecule has 10 heteroatoms. The molecule has 0 amide bonds. The second-order valence-corrected chi connectivity index (χ2v) is 12.3. The Kier molecular flexibility index (Phi) is 9.55. The third kappa shape index (κ3) is 8.50. The summed E-state index contributed by atoms with van der Waals surface area (Å²) in [4.78, 5) is 11.4. The summed E-state index contributed by atoms with van der Waals surface area (Å²) in [5, 5.41) is -4.51. The maximum Gasteiger partial charge on any atom is 0.405 e. The fourth-order valence-corrected chi connectivity index (χ4v) is 3.76. The first-order chi connectivity index (χ1) is 10.8. The van der Waals surface area contributed by atoms with Crippen LogP contribution in [0.25, 0.3) is 0 Å². The summed E-state index contributed by atoms with van der Waals surface area (Å²) >= 11 is 0. The van der Waals surface area contributed by atoms with Crippen LogP contribution in [0.4, 0.5) is 8.78 Å². The van der Waals surface area contributed by atoms with E-state index in [4.69, 9.17) is 8.98 Å². The first-order valence-corrected chi connectivity index (χ1v) is 12.5. The first kappa shape index (κ1) is 23.4. The fraction of sp³-hybridized carbons (Fsp3) is 0.929. The number of carbonyl (C=O) groups is 1. The number of unbranched alkanes of at least 4 members (excludes halogenated alkanes) is 4. The number of ether oxygens (including phenoxy) is 1. The maximum absolute atomic E-state index is 13.2. The van der Waals surface area contributed by atoms with Gasteiger partial charge < -0.3 is 9.16 Å². The minimum atomic E-state index is -5.61. The van der Waals surface area contributed by atoms with Crippen molar-refractivity contribution < 1.29 is 35.7 Å². The van der Waals surface area contributed by atoms with Crippen LogP contribution in [0.2, 0.25) is 19.1 Å². The van der Waals surface area contributed by atoms with E-state index in [0.29, 0.717) is 6.42 Å². The molecule has 0 heterocycles. The Morgan fingerprint density at radius 3 is 2.17 bits per heavy atom. The van der Waals surface area contributed by atoms with Crippen molar-refractivity contribution in [3.05, 3.63) is 0 Å². The average molecular weight is 391 g/mol. The smallest absolute Gasteiger partial charge is 0.405 e. The Balaban J connectivity index is 3.93. The third-order valence-corrected chi connectivity index (χ3v) is 7.52. The highest BCUT2D eigenvalue weighted by atomic mass is 32.2. The third-order valence-electron chi connectivity index (χ3n) is 3.84. The van der Waals surface area contributed by atoms with Crippen molar-refractivity contribution in [2.24, 2.45) is 0 Å². The predicted octanol–water partition coefficient (Wildman–Crippen LogP) is 3.59. The van der Waals surface area contributed by atoms with Crippen LogP contribution in [0, 0.1) is 0 Å². The van der Waals surface area contributed by atoms with Gasteiger partial charge in [-0.25, -0.2) is 0 Å². The van der Waals surface area contributed by atoms with Crippen LogP contribution in [-0.2, 0) is 24.1 Å². The van der Waals surface area contributed by atoms with Gasteiger partial charge in [0.25, 0.3) is 0 Å². The molecule has 0 saturated carbocycles. The summed E-state index contributed by atoms with van der Waals surface area (Å²) in [6.07, 6.45) is 1.91. The molecule has 1 atom stereocenters. The summed E-state index contributed by atoms with van der Waals surface area (Å²) in [5.41, 5.74) is 0. The molecule has 0 fully saturated rings. The van der Waals surface area contributed by atoms with Crippen LogP contribution in [0.5, 0.6) is 0 Å². The molecule has 0 aromatic carbocycles. The molecule has 6 nitrogen and oxygen atoms in total. The molecule has 0 spiro atoms. The molecule has 0 aromatic heterocycles. The zero-order chi connectivity index (χ0) is 19.0. The zero-order valence-electron chi connectivity index (χ0n) is 14.7. The zero-order valence-corrected chi connectivity index (χ0v) is 16.5. The monoisotopic (exact) mass is 390 g/mol. The molecule has 0 radical (unpaired) electrons. The molecule has 0 aromatic rings. The molecule has 0 aliphatic heterocycles. The van der Waals surface area contributed by atoms with Gasteiger partial charge in [0, 0.05) is 13.5 Å². The van der Waals surface area contributed by atoms with Gasteiger partial charge in [0.15, 0.2) is 14.4 Å². The van der Waals surface area contributed by atoms with E-state index in [1.54, 1.807) is 7.11 Å². The van der Waals surface area contributed by atoms with Gasteiger partial charge in [-0.05, 0) is 32.5 Å². The summed E-state index contributed by atoms with van der Waals surface area (Å²) in [5.74, 6) is -0.904. The Labute approximate surface area is 143 Å². The normalized spacial score (nSPS) is 14.5. The lowest BCUT2D eigenvalue weighted by Crippen LogP contribution is -2.41. The molecule has 0 bridgehead atoms. The van der Waals surface area contributed by atoms with Crippen LogP contribution >= 0.6 is 0 Å². The number of halogens is 2. The Morgan fingerprint density at radius 1 is 1.17 bits per heavy atom. The second kappa shape index (κ2) is 9.78. The van der Waals surface area contributed by atoms with Crippen molar-refractivity contribution in [1.29, 1.82) is 0 Å². The molecule has 24 heavy (non-hydrogen) atoms. The average Bonchev–Trinajstić information content (AvgIpc) is 2.44. The van der Waals surface area contributed by atoms with E-state index in [2.05, 4.69) is 17.8 Å². The molecule has 0 saturated heterocycles. The van der Waals surface area contributed by atoms with Crippen molar-refractivity contribution >= 4 is 24.4 Å². The molecular formula is C14H28F2O6SSi. The number of hydrogen-bond acceptors (Lipinski definition) is 5. The van der Waals surface area contributed by atoms with E-state index in [-0.39, 0.29) is 6.42 Å². The topological polar surface area (TPSA) is 89.9 Å². The van der Waals surface area contributed by atoms with Gasteiger partial charge in [-0.1, -0.05) is 25.7 Å². The fourth-order valence-electron chi connectivity index (χ4n) is 1.99. The minimum absolute atomic E-state index is 0.0653. The summed E-state index contributed by atoms with van der Waals surface area (Å²) in [6.45, 7) is 5.02. The molecule has 0 rings (SSSR count). The van der Waals surface area contributed by atoms with E-state index < -0.39 is 35.8 Å². The minimum Gasteiger partial charge on any atom is -0.455 e. The Hall–Kier alpha value is -0.583. The number of hydrogen-bond donors (Lipinski definition) is 1. The predicted molar refractivity (Wildman–Crippen MR) is 89.0 cm³/mol. The maximum atomic E-state index is 13.2. The van der Waals surface area contributed by atoms with Crippen LogP contribution in [0.3, 0.4) is 0 Å². The standard InChI is InChI=1S/C14H28F2O6SSi/c1-12(14(15,16)23(18,19)20)22-13(17)10-8-6-5-7-9-11-24(3,4)21-2/h12H,5-11H2,1-4H3,(H,18,19,20). The van der Waals surface area contributed by atoms with Gasteiger partial charge in [0.2, 0.25) is 0 Å². The van der Waals surface area contributed by atoms with E-state index in [9.17, 15) is 22.0 Å². The number of esters is 1. The summed E-state index contributed by atoms with van der Waals surface area (Å²) < 4.78 is 65.8. The van der Waals surface area contributed by atoms with E-state index >= 15 is 0 Å². The van der Waals surface area contributed by atoms with Crippen molar-refractivity contribution in [3.8, 4) is 0 Å². The van der Waals surface area contributed by atoms with Crippen LogP contribution in [0.1, 0.15) is 45.4 Å². The van der Waals surface area contributed by atoms with Gasteiger partial charge in [0.1, 0.15) is 0 Å². The largest absolute Gasteiger partial charge is 0.455 e. The molecule has 0 aliphatic rings. The SMILES string of the molecule is CO[Si](C)(C)CCCCCCCC(=O)OC(C)C(F)(F)S(=O)(=O)O. The lowest BCUT2D eigenvalue weighted by Gasteiger charge is -2.20. The Morgan fingerprint density at radius 2 is 1.67 bits per heavy atom. The molecule has 144 valence electrons. The summed E-state index contributed by atoms with van der Waals surface area (Å²) in [7, 11) is -5.42. The lowest BCUT2D eigenvalue weighted by atomic mass is 10.1. The molecule has 1 unspecified atom stereocenters. The van der Waals surface area contributed by atoms with Gasteiger partial charge in [-0.15, -0.1) is 0 Å². The van der Waals surface area contributed by atoms with E-state index in [1.165, 1.54) is 0 Å². The number of carbonyl (C=O) groups excluding carboxylic acids is 1. The van der Waals surface area contributed by atoms with Gasteiger partial charge in [-0.2, -0.15) is 17.2 Å². The number of alkyl halides is 2. The van der Waals surface area contributed by atoms with E-state index in [0.717, 1.165) is 38.7 Å². The highest BCUT2D eigenvalue weighted by molar-refractivity contribution is 7.86. The van der Waals surface area contributed by atoms with Crippen molar-refractivity contribution in [2.45, 2.75) is 75.9 Å². The molecular weight excluding hydrogens is 362 g/mol. The highest BCUT2D eigenvalue weighted by Gasteiger charge is 2.51. The van der Waals surface area contributed by atoms with Crippen LogP contribution in [-0.4, -0.2) is 45.7 Å². The summed E-state index contributed by atoms with van der Waals surface area (Å²) in [6, 6.07) is 1.06. The van der Waals surface area contributed by atoms with Crippen LogP contribution < -0.4 is 0 Å². The highest BCUT2D eigenvalue weighted by Crippen LogP contribution is 2.27. The lowest BCUT2D eigenvalue weighted by molar-refractivity contribution is -0.159.